The molecule has 0 heterocycles. The fourth-order valence-corrected chi connectivity index (χ4v) is 1.70. The molecule has 0 aromatic heterocycles. The van der Waals surface area contributed by atoms with Crippen LogP contribution in [0, 0.1) is 0 Å². The lowest BCUT2D eigenvalue weighted by molar-refractivity contribution is 0.317. The minimum absolute atomic E-state index is 0.830. The fraction of sp³-hybridized carbons (Fsp3) is 0.417. The molecule has 2 nitrogen and oxygen atoms in total. The predicted molar refractivity (Wildman–Crippen MR) is 59.1 cm³/mol. The second-order valence-corrected chi connectivity index (χ2v) is 3.06. The van der Waals surface area contributed by atoms with Crippen LogP contribution >= 0.6 is 0 Å². The lowest BCUT2D eigenvalue weighted by Gasteiger charge is -2.15. The zero-order valence-corrected chi connectivity index (χ0v) is 8.83. The number of nitrogens with zero attached hydrogens (tertiary/aromatic N) is 1. The van der Waals surface area contributed by atoms with E-state index in [0.717, 1.165) is 30.5 Å². The van der Waals surface area contributed by atoms with Crippen molar-refractivity contribution in [3.8, 4) is 0 Å². The summed E-state index contributed by atoms with van der Waals surface area (Å²) in [6.07, 6.45) is 3.10. The van der Waals surface area contributed by atoms with Crippen LogP contribution < -0.4 is 0 Å². The van der Waals surface area contributed by atoms with Crippen LogP contribution in [0.3, 0.4) is 0 Å². The van der Waals surface area contributed by atoms with Crippen molar-refractivity contribution in [2.24, 2.45) is 5.16 Å². The second kappa shape index (κ2) is 5.43. The van der Waals surface area contributed by atoms with Crippen molar-refractivity contribution in [3.63, 3.8) is 0 Å². The van der Waals surface area contributed by atoms with Crippen molar-refractivity contribution in [1.29, 1.82) is 0 Å². The summed E-state index contributed by atoms with van der Waals surface area (Å²) in [7, 11) is 0. The summed E-state index contributed by atoms with van der Waals surface area (Å²) < 4.78 is 0. The molecule has 1 aliphatic carbocycles. The highest BCUT2D eigenvalue weighted by molar-refractivity contribution is 6.02. The molecule has 2 heteroatoms. The molecule has 0 radical (unpaired) electrons. The van der Waals surface area contributed by atoms with Gasteiger partial charge >= 0.3 is 0 Å². The van der Waals surface area contributed by atoms with Gasteiger partial charge in [-0.3, -0.25) is 0 Å². The van der Waals surface area contributed by atoms with Crippen molar-refractivity contribution in [2.45, 2.75) is 33.1 Å². The van der Waals surface area contributed by atoms with Gasteiger partial charge < -0.3 is 5.21 Å². The molecular weight excluding hydrogens is 174 g/mol. The number of benzene rings is 1. The van der Waals surface area contributed by atoms with E-state index in [1.54, 1.807) is 0 Å². The van der Waals surface area contributed by atoms with E-state index in [1.807, 2.05) is 32.0 Å². The zero-order valence-electron chi connectivity index (χ0n) is 8.83. The molecule has 1 aliphatic rings. The van der Waals surface area contributed by atoms with E-state index in [2.05, 4.69) is 11.2 Å². The first-order valence-electron chi connectivity index (χ1n) is 5.21. The Morgan fingerprint density at radius 2 is 1.86 bits per heavy atom. The molecule has 0 amide bonds. The minimum Gasteiger partial charge on any atom is -0.411 e. The summed E-state index contributed by atoms with van der Waals surface area (Å²) in [5.41, 5.74) is 3.25. The molecule has 0 saturated heterocycles. The van der Waals surface area contributed by atoms with E-state index < -0.39 is 0 Å². The van der Waals surface area contributed by atoms with Crippen LogP contribution in [-0.2, 0) is 6.42 Å². The van der Waals surface area contributed by atoms with Crippen LogP contribution in [0.2, 0.25) is 0 Å². The smallest absolute Gasteiger partial charge is 0.0870 e. The molecule has 0 spiro atoms. The third-order valence-electron chi connectivity index (χ3n) is 2.31. The number of rotatable bonds is 0. The van der Waals surface area contributed by atoms with Gasteiger partial charge in [0.25, 0.3) is 0 Å². The molecule has 2 rings (SSSR count). The first-order chi connectivity index (χ1) is 6.92. The Morgan fingerprint density at radius 1 is 1.14 bits per heavy atom. The summed E-state index contributed by atoms with van der Waals surface area (Å²) >= 11 is 0. The van der Waals surface area contributed by atoms with E-state index in [9.17, 15) is 0 Å². The van der Waals surface area contributed by atoms with Crippen LogP contribution in [0.4, 0.5) is 0 Å². The van der Waals surface area contributed by atoms with Crippen molar-refractivity contribution in [1.82, 2.24) is 0 Å². The molecule has 0 saturated carbocycles. The van der Waals surface area contributed by atoms with E-state index in [-0.39, 0.29) is 0 Å². The second-order valence-electron chi connectivity index (χ2n) is 3.06. The SMILES string of the molecule is CC.O/N=C1\CCCc2ccccc21. The average Bonchev–Trinajstić information content (AvgIpc) is 2.31. The number of aryl methyl sites for hydroxylation is 1. The van der Waals surface area contributed by atoms with Gasteiger partial charge in [-0.15, -0.1) is 0 Å². The molecule has 1 aromatic rings. The minimum atomic E-state index is 0.830. The third-order valence-corrected chi connectivity index (χ3v) is 2.31. The number of oxime groups is 1. The summed E-state index contributed by atoms with van der Waals surface area (Å²) in [5.74, 6) is 0. The van der Waals surface area contributed by atoms with Gasteiger partial charge in [0.2, 0.25) is 0 Å². The first kappa shape index (κ1) is 10.8. The van der Waals surface area contributed by atoms with E-state index in [0.29, 0.717) is 0 Å². The maximum atomic E-state index is 8.73. The number of fused-ring (bicyclic) bond motifs is 1. The Bertz CT molecular complexity index is 318. The lowest BCUT2D eigenvalue weighted by atomic mass is 9.90. The average molecular weight is 191 g/mol. The molecule has 0 fully saturated rings. The van der Waals surface area contributed by atoms with Crippen molar-refractivity contribution >= 4 is 5.71 Å². The Kier molecular flexibility index (Phi) is 4.17. The van der Waals surface area contributed by atoms with Crippen LogP contribution in [0.15, 0.2) is 29.4 Å². The van der Waals surface area contributed by atoms with Gasteiger partial charge in [0.05, 0.1) is 5.71 Å². The third kappa shape index (κ3) is 2.13. The summed E-state index contributed by atoms with van der Waals surface area (Å²) in [4.78, 5) is 0. The summed E-state index contributed by atoms with van der Waals surface area (Å²) in [6.45, 7) is 4.00. The lowest BCUT2D eigenvalue weighted by Crippen LogP contribution is -2.11. The van der Waals surface area contributed by atoms with Crippen LogP contribution in [0.25, 0.3) is 0 Å². The molecule has 0 bridgehead atoms. The topological polar surface area (TPSA) is 32.6 Å². The Morgan fingerprint density at radius 3 is 2.57 bits per heavy atom. The van der Waals surface area contributed by atoms with Crippen LogP contribution in [0.5, 0.6) is 0 Å². The molecule has 0 aliphatic heterocycles. The molecule has 0 atom stereocenters. The fourth-order valence-electron chi connectivity index (χ4n) is 1.70. The first-order valence-corrected chi connectivity index (χ1v) is 5.21. The van der Waals surface area contributed by atoms with Crippen molar-refractivity contribution in [3.05, 3.63) is 35.4 Å². The van der Waals surface area contributed by atoms with Crippen molar-refractivity contribution < 1.29 is 5.21 Å². The van der Waals surface area contributed by atoms with E-state index in [1.165, 1.54) is 5.56 Å². The molecule has 14 heavy (non-hydrogen) atoms. The monoisotopic (exact) mass is 191 g/mol. The number of hydrogen-bond acceptors (Lipinski definition) is 2. The van der Waals surface area contributed by atoms with Gasteiger partial charge in [0, 0.05) is 5.56 Å². The normalized spacial score (nSPS) is 16.9. The highest BCUT2D eigenvalue weighted by Gasteiger charge is 2.14. The Labute approximate surface area is 85.3 Å². The van der Waals surface area contributed by atoms with E-state index in [4.69, 9.17) is 5.21 Å². The molecule has 76 valence electrons. The molecule has 1 aromatic carbocycles. The van der Waals surface area contributed by atoms with Gasteiger partial charge in [0.15, 0.2) is 0 Å². The maximum Gasteiger partial charge on any atom is 0.0870 e. The largest absolute Gasteiger partial charge is 0.411 e. The number of hydrogen-bond donors (Lipinski definition) is 1. The van der Waals surface area contributed by atoms with Gasteiger partial charge in [-0.05, 0) is 24.8 Å². The summed E-state index contributed by atoms with van der Waals surface area (Å²) in [6, 6.07) is 8.12. The van der Waals surface area contributed by atoms with Crippen LogP contribution in [0.1, 0.15) is 37.8 Å². The highest BCUT2D eigenvalue weighted by atomic mass is 16.4. The summed E-state index contributed by atoms with van der Waals surface area (Å²) in [5, 5.41) is 12.0. The molecule has 1 N–H and O–H groups in total. The molecular formula is C12H17NO. The van der Waals surface area contributed by atoms with Gasteiger partial charge in [0.1, 0.15) is 0 Å². The highest BCUT2D eigenvalue weighted by Crippen LogP contribution is 2.20. The van der Waals surface area contributed by atoms with E-state index >= 15 is 0 Å². The standard InChI is InChI=1S/C10H11NO.C2H6/c12-11-10-7-3-5-8-4-1-2-6-9(8)10;1-2/h1-2,4,6,12H,3,5,7H2;1-2H3/b11-10+;. The van der Waals surface area contributed by atoms with Crippen LogP contribution in [-0.4, -0.2) is 10.9 Å². The quantitative estimate of drug-likeness (QED) is 0.495. The van der Waals surface area contributed by atoms with Gasteiger partial charge in [-0.1, -0.05) is 43.3 Å². The van der Waals surface area contributed by atoms with Crippen molar-refractivity contribution in [2.75, 3.05) is 0 Å². The zero-order chi connectivity index (χ0) is 10.4. The Balaban J connectivity index is 0.000000461. The maximum absolute atomic E-state index is 8.73. The van der Waals surface area contributed by atoms with Gasteiger partial charge in [-0.25, -0.2) is 0 Å². The predicted octanol–water partition coefficient (Wildman–Crippen LogP) is 3.23. The molecule has 0 unspecified atom stereocenters. The Hall–Kier alpha value is -1.31. The van der Waals surface area contributed by atoms with Gasteiger partial charge in [-0.2, -0.15) is 0 Å².